The van der Waals surface area contributed by atoms with Crippen LogP contribution in [0.4, 0.5) is 0 Å². The summed E-state index contributed by atoms with van der Waals surface area (Å²) in [7, 11) is 0. The van der Waals surface area contributed by atoms with Gasteiger partial charge >= 0.3 is 0 Å². The first-order chi connectivity index (χ1) is 9.15. The van der Waals surface area contributed by atoms with E-state index < -0.39 is 0 Å². The second-order valence-electron chi connectivity index (χ2n) is 4.80. The van der Waals surface area contributed by atoms with E-state index in [0.717, 1.165) is 35.7 Å². The molecule has 0 spiro atoms. The van der Waals surface area contributed by atoms with Crippen molar-refractivity contribution in [1.82, 2.24) is 25.5 Å². The highest BCUT2D eigenvalue weighted by Crippen LogP contribution is 2.22. The molecule has 0 aromatic carbocycles. The Hall–Kier alpha value is -0.790. The molecule has 0 aliphatic carbocycles. The minimum absolute atomic E-state index is 0.632. The van der Waals surface area contributed by atoms with Crippen LogP contribution in [0.2, 0.25) is 0 Å². The van der Waals surface area contributed by atoms with Crippen molar-refractivity contribution in [3.05, 3.63) is 26.6 Å². The van der Waals surface area contributed by atoms with E-state index in [4.69, 9.17) is 0 Å². The molecule has 2 aromatic rings. The van der Waals surface area contributed by atoms with Gasteiger partial charge in [-0.25, -0.2) is 4.68 Å². The van der Waals surface area contributed by atoms with Gasteiger partial charge in [-0.2, -0.15) is 0 Å². The quantitative estimate of drug-likeness (QED) is 0.838. The fourth-order valence-electron chi connectivity index (χ4n) is 1.70. The van der Waals surface area contributed by atoms with Crippen LogP contribution in [0.15, 0.2) is 15.9 Å². The van der Waals surface area contributed by atoms with E-state index in [-0.39, 0.29) is 0 Å². The molecule has 104 valence electrons. The van der Waals surface area contributed by atoms with Crippen molar-refractivity contribution >= 4 is 27.3 Å². The lowest BCUT2D eigenvalue weighted by Gasteiger charge is -2.07. The normalized spacial score (nSPS) is 11.4. The summed E-state index contributed by atoms with van der Waals surface area (Å²) < 4.78 is 3.04. The molecule has 0 aliphatic rings. The van der Waals surface area contributed by atoms with Crippen molar-refractivity contribution in [2.24, 2.45) is 5.92 Å². The third-order valence-corrected chi connectivity index (χ3v) is 4.32. The second-order valence-corrected chi connectivity index (χ2v) is 7.35. The number of thiophene rings is 1. The van der Waals surface area contributed by atoms with Gasteiger partial charge in [-0.1, -0.05) is 13.8 Å². The lowest BCUT2D eigenvalue weighted by Crippen LogP contribution is -2.22. The van der Waals surface area contributed by atoms with Gasteiger partial charge in [0.15, 0.2) is 5.82 Å². The van der Waals surface area contributed by atoms with Crippen molar-refractivity contribution in [1.29, 1.82) is 0 Å². The van der Waals surface area contributed by atoms with Crippen molar-refractivity contribution in [3.63, 3.8) is 0 Å². The molecule has 0 aliphatic heterocycles. The van der Waals surface area contributed by atoms with Gasteiger partial charge in [0.2, 0.25) is 0 Å². The van der Waals surface area contributed by atoms with Gasteiger partial charge in [0.1, 0.15) is 0 Å². The molecular weight excluding hydrogens is 326 g/mol. The number of rotatable bonds is 7. The van der Waals surface area contributed by atoms with Crippen molar-refractivity contribution in [2.75, 3.05) is 6.54 Å². The standard InChI is InChI=1S/C12H18BrN5S/c1-9(2)7-14-8-12-15-16-17-18(12)6-5-10-3-4-11(13)19-10/h3-4,9,14H,5-8H2,1-2H3. The van der Waals surface area contributed by atoms with Crippen LogP contribution in [0.25, 0.3) is 0 Å². The summed E-state index contributed by atoms with van der Waals surface area (Å²) >= 11 is 5.23. The van der Waals surface area contributed by atoms with Crippen LogP contribution in [0.5, 0.6) is 0 Å². The molecular formula is C12H18BrN5S. The third kappa shape index (κ3) is 4.67. The lowest BCUT2D eigenvalue weighted by molar-refractivity contribution is 0.510. The average Bonchev–Trinajstić information content (AvgIpc) is 2.95. The topological polar surface area (TPSA) is 55.6 Å². The predicted molar refractivity (Wildman–Crippen MR) is 80.1 cm³/mol. The van der Waals surface area contributed by atoms with E-state index in [9.17, 15) is 0 Å². The summed E-state index contributed by atoms with van der Waals surface area (Å²) in [5, 5.41) is 15.2. The van der Waals surface area contributed by atoms with Gasteiger partial charge in [0, 0.05) is 17.8 Å². The number of hydrogen-bond donors (Lipinski definition) is 1. The van der Waals surface area contributed by atoms with Gasteiger partial charge in [-0.3, -0.25) is 0 Å². The van der Waals surface area contributed by atoms with Gasteiger partial charge in [-0.05, 0) is 51.0 Å². The van der Waals surface area contributed by atoms with Crippen LogP contribution in [-0.2, 0) is 19.5 Å². The summed E-state index contributed by atoms with van der Waals surface area (Å²) in [5.41, 5.74) is 0. The van der Waals surface area contributed by atoms with Crippen LogP contribution >= 0.6 is 27.3 Å². The second kappa shape index (κ2) is 7.12. The fourth-order valence-corrected chi connectivity index (χ4v) is 3.17. The van der Waals surface area contributed by atoms with Gasteiger partial charge in [-0.15, -0.1) is 16.4 Å². The molecule has 2 rings (SSSR count). The zero-order chi connectivity index (χ0) is 13.7. The molecule has 0 radical (unpaired) electrons. The number of nitrogens with zero attached hydrogens (tertiary/aromatic N) is 4. The Kier molecular flexibility index (Phi) is 5.47. The third-order valence-electron chi connectivity index (χ3n) is 2.64. The maximum Gasteiger partial charge on any atom is 0.165 e. The van der Waals surface area contributed by atoms with Gasteiger partial charge < -0.3 is 5.32 Å². The first-order valence-corrected chi connectivity index (χ1v) is 7.96. The summed E-state index contributed by atoms with van der Waals surface area (Å²) in [6.45, 7) is 6.89. The molecule has 19 heavy (non-hydrogen) atoms. The molecule has 0 fully saturated rings. The maximum atomic E-state index is 4.06. The van der Waals surface area contributed by atoms with E-state index in [0.29, 0.717) is 5.92 Å². The van der Waals surface area contributed by atoms with Crippen molar-refractivity contribution in [3.8, 4) is 0 Å². The fraction of sp³-hybridized carbons (Fsp3) is 0.583. The molecule has 5 nitrogen and oxygen atoms in total. The SMILES string of the molecule is CC(C)CNCc1nnnn1CCc1ccc(Br)s1. The van der Waals surface area contributed by atoms with Crippen molar-refractivity contribution < 1.29 is 0 Å². The molecule has 1 N–H and O–H groups in total. The zero-order valence-electron chi connectivity index (χ0n) is 11.1. The molecule has 0 amide bonds. The average molecular weight is 344 g/mol. The summed E-state index contributed by atoms with van der Waals surface area (Å²) in [6, 6.07) is 4.21. The minimum Gasteiger partial charge on any atom is -0.310 e. The number of aromatic nitrogens is 4. The van der Waals surface area contributed by atoms with Gasteiger partial charge in [0.05, 0.1) is 10.3 Å². The van der Waals surface area contributed by atoms with Crippen LogP contribution in [0.3, 0.4) is 0 Å². The Morgan fingerprint density at radius 1 is 1.42 bits per heavy atom. The lowest BCUT2D eigenvalue weighted by atomic mass is 10.2. The highest BCUT2D eigenvalue weighted by molar-refractivity contribution is 9.11. The van der Waals surface area contributed by atoms with Gasteiger partial charge in [0.25, 0.3) is 0 Å². The van der Waals surface area contributed by atoms with Crippen LogP contribution in [0, 0.1) is 5.92 Å². The molecule has 2 heterocycles. The number of halogens is 1. The Morgan fingerprint density at radius 2 is 2.26 bits per heavy atom. The number of tetrazole rings is 1. The Labute approximate surface area is 125 Å². The van der Waals surface area contributed by atoms with E-state index in [1.165, 1.54) is 4.88 Å². The molecule has 2 aromatic heterocycles. The first kappa shape index (κ1) is 14.6. The molecule has 0 unspecified atom stereocenters. The molecule has 0 saturated carbocycles. The van der Waals surface area contributed by atoms with Crippen LogP contribution < -0.4 is 5.32 Å². The molecule has 0 atom stereocenters. The Morgan fingerprint density at radius 3 is 2.95 bits per heavy atom. The monoisotopic (exact) mass is 343 g/mol. The molecule has 7 heteroatoms. The number of hydrogen-bond acceptors (Lipinski definition) is 5. The summed E-state index contributed by atoms with van der Waals surface area (Å²) in [6.07, 6.45) is 0.957. The Bertz CT molecular complexity index is 508. The largest absolute Gasteiger partial charge is 0.310 e. The predicted octanol–water partition coefficient (Wildman–Crippen LogP) is 2.49. The first-order valence-electron chi connectivity index (χ1n) is 6.35. The maximum absolute atomic E-state index is 4.06. The van der Waals surface area contributed by atoms with Crippen LogP contribution in [0.1, 0.15) is 24.5 Å². The van der Waals surface area contributed by atoms with E-state index in [1.54, 1.807) is 11.3 Å². The molecule has 0 saturated heterocycles. The summed E-state index contributed by atoms with van der Waals surface area (Å²) in [4.78, 5) is 1.34. The smallest absolute Gasteiger partial charge is 0.165 e. The summed E-state index contributed by atoms with van der Waals surface area (Å²) in [5.74, 6) is 1.53. The number of nitrogens with one attached hydrogen (secondary N) is 1. The van der Waals surface area contributed by atoms with E-state index in [2.05, 4.69) is 62.8 Å². The zero-order valence-corrected chi connectivity index (χ0v) is 13.5. The number of aryl methyl sites for hydroxylation is 2. The highest BCUT2D eigenvalue weighted by atomic mass is 79.9. The van der Waals surface area contributed by atoms with Crippen LogP contribution in [-0.4, -0.2) is 26.8 Å². The van der Waals surface area contributed by atoms with Crippen molar-refractivity contribution in [2.45, 2.75) is 33.4 Å². The molecule has 0 bridgehead atoms. The highest BCUT2D eigenvalue weighted by Gasteiger charge is 2.07. The van der Waals surface area contributed by atoms with E-state index >= 15 is 0 Å². The minimum atomic E-state index is 0.632. The Balaban J connectivity index is 1.85. The van der Waals surface area contributed by atoms with E-state index in [1.807, 2.05) is 4.68 Å².